The highest BCUT2D eigenvalue weighted by Crippen LogP contribution is 2.29. The van der Waals surface area contributed by atoms with Gasteiger partial charge >= 0.3 is 0 Å². The molecule has 0 bridgehead atoms. The number of rotatable bonds is 5. The number of hydrogen-bond acceptors (Lipinski definition) is 2. The Hall–Kier alpha value is -0.800. The molecule has 1 atom stereocenters. The Labute approximate surface area is 134 Å². The molecule has 1 unspecified atom stereocenters. The fourth-order valence-corrected chi connectivity index (χ4v) is 2.67. The molecule has 2 nitrogen and oxygen atoms in total. The third-order valence-corrected chi connectivity index (χ3v) is 3.63. The minimum Gasteiger partial charge on any atom is -0.305 e. The molecule has 20 heavy (non-hydrogen) atoms. The van der Waals surface area contributed by atoms with E-state index in [-0.39, 0.29) is 6.04 Å². The Kier molecular flexibility index (Phi) is 5.67. The minimum absolute atomic E-state index is 0.0987. The van der Waals surface area contributed by atoms with Crippen LogP contribution in [-0.4, -0.2) is 11.5 Å². The number of benzene rings is 1. The van der Waals surface area contributed by atoms with Gasteiger partial charge in [0.15, 0.2) is 0 Å². The van der Waals surface area contributed by atoms with Gasteiger partial charge in [-0.2, -0.15) is 0 Å². The monoisotopic (exact) mass is 328 g/mol. The molecular formula is C15H15Cl3N2. The Morgan fingerprint density at radius 2 is 1.95 bits per heavy atom. The lowest BCUT2D eigenvalue weighted by molar-refractivity contribution is 0.587. The Morgan fingerprint density at radius 1 is 1.15 bits per heavy atom. The first-order valence-electron chi connectivity index (χ1n) is 6.41. The van der Waals surface area contributed by atoms with Gasteiger partial charge in [0.1, 0.15) is 0 Å². The molecule has 2 aromatic rings. The van der Waals surface area contributed by atoms with E-state index in [0.717, 1.165) is 24.2 Å². The van der Waals surface area contributed by atoms with E-state index in [1.54, 1.807) is 12.3 Å². The van der Waals surface area contributed by atoms with Crippen LogP contribution in [0.15, 0.2) is 36.5 Å². The molecule has 1 aromatic heterocycles. The van der Waals surface area contributed by atoms with Gasteiger partial charge in [0.05, 0.1) is 21.8 Å². The van der Waals surface area contributed by atoms with Crippen molar-refractivity contribution in [3.05, 3.63) is 62.9 Å². The van der Waals surface area contributed by atoms with Crippen LogP contribution in [-0.2, 0) is 0 Å². The van der Waals surface area contributed by atoms with Crippen LogP contribution < -0.4 is 5.32 Å². The largest absolute Gasteiger partial charge is 0.305 e. The van der Waals surface area contributed by atoms with Gasteiger partial charge in [0, 0.05) is 11.2 Å². The molecule has 106 valence electrons. The minimum atomic E-state index is -0.0987. The summed E-state index contributed by atoms with van der Waals surface area (Å²) >= 11 is 18.3. The molecule has 5 heteroatoms. The molecule has 1 heterocycles. The van der Waals surface area contributed by atoms with Crippen molar-refractivity contribution in [3.8, 4) is 0 Å². The Morgan fingerprint density at radius 3 is 2.60 bits per heavy atom. The van der Waals surface area contributed by atoms with Crippen molar-refractivity contribution in [1.82, 2.24) is 10.3 Å². The van der Waals surface area contributed by atoms with Crippen molar-refractivity contribution in [2.24, 2.45) is 0 Å². The predicted molar refractivity (Wildman–Crippen MR) is 85.8 cm³/mol. The fraction of sp³-hybridized carbons (Fsp3) is 0.267. The van der Waals surface area contributed by atoms with E-state index in [0.29, 0.717) is 15.1 Å². The van der Waals surface area contributed by atoms with Crippen LogP contribution >= 0.6 is 34.8 Å². The van der Waals surface area contributed by atoms with Crippen LogP contribution in [0.25, 0.3) is 0 Å². The first-order valence-corrected chi connectivity index (χ1v) is 7.55. The SMILES string of the molecule is CCCNC(c1cccc(Cl)c1)c1ncc(Cl)cc1Cl. The van der Waals surface area contributed by atoms with E-state index < -0.39 is 0 Å². The van der Waals surface area contributed by atoms with Crippen molar-refractivity contribution in [1.29, 1.82) is 0 Å². The second-order valence-corrected chi connectivity index (χ2v) is 5.74. The van der Waals surface area contributed by atoms with Gasteiger partial charge in [0.25, 0.3) is 0 Å². The van der Waals surface area contributed by atoms with Crippen molar-refractivity contribution in [2.45, 2.75) is 19.4 Å². The van der Waals surface area contributed by atoms with Crippen molar-refractivity contribution in [3.63, 3.8) is 0 Å². The summed E-state index contributed by atoms with van der Waals surface area (Å²) in [6.07, 6.45) is 2.62. The molecule has 0 aliphatic heterocycles. The topological polar surface area (TPSA) is 24.9 Å². The number of hydrogen-bond donors (Lipinski definition) is 1. The summed E-state index contributed by atoms with van der Waals surface area (Å²) in [5, 5.41) is 5.21. The van der Waals surface area contributed by atoms with Crippen LogP contribution in [0.3, 0.4) is 0 Å². The molecule has 0 aliphatic carbocycles. The normalized spacial score (nSPS) is 12.4. The molecule has 1 aromatic carbocycles. The summed E-state index contributed by atoms with van der Waals surface area (Å²) in [4.78, 5) is 4.37. The molecule has 2 rings (SSSR count). The summed E-state index contributed by atoms with van der Waals surface area (Å²) < 4.78 is 0. The average Bonchev–Trinajstić information content (AvgIpc) is 2.41. The van der Waals surface area contributed by atoms with Gasteiger partial charge < -0.3 is 5.32 Å². The lowest BCUT2D eigenvalue weighted by atomic mass is 10.0. The molecular weight excluding hydrogens is 315 g/mol. The number of nitrogens with zero attached hydrogens (tertiary/aromatic N) is 1. The average molecular weight is 330 g/mol. The quantitative estimate of drug-likeness (QED) is 0.822. The van der Waals surface area contributed by atoms with Crippen molar-refractivity contribution < 1.29 is 0 Å². The summed E-state index contributed by atoms with van der Waals surface area (Å²) in [5.74, 6) is 0. The standard InChI is InChI=1S/C15H15Cl3N2/c1-2-6-19-14(10-4-3-5-11(16)7-10)15-13(18)8-12(17)9-20-15/h3-5,7-9,14,19H,2,6H2,1H3. The first-order chi connectivity index (χ1) is 9.61. The zero-order valence-corrected chi connectivity index (χ0v) is 13.3. The highest BCUT2D eigenvalue weighted by Gasteiger charge is 2.18. The van der Waals surface area contributed by atoms with E-state index in [9.17, 15) is 0 Å². The Bertz CT molecular complexity index is 587. The summed E-state index contributed by atoms with van der Waals surface area (Å²) in [6, 6.07) is 9.30. The van der Waals surface area contributed by atoms with E-state index >= 15 is 0 Å². The van der Waals surface area contributed by atoms with Gasteiger partial charge in [-0.05, 0) is 36.7 Å². The molecule has 0 aliphatic rings. The molecule has 0 spiro atoms. The molecule has 0 fully saturated rings. The van der Waals surface area contributed by atoms with E-state index in [1.807, 2.05) is 24.3 Å². The van der Waals surface area contributed by atoms with E-state index in [1.165, 1.54) is 0 Å². The van der Waals surface area contributed by atoms with Gasteiger partial charge in [-0.3, -0.25) is 4.98 Å². The maximum absolute atomic E-state index is 6.27. The van der Waals surface area contributed by atoms with Crippen molar-refractivity contribution in [2.75, 3.05) is 6.54 Å². The second-order valence-electron chi connectivity index (χ2n) is 4.46. The molecule has 0 saturated carbocycles. The lowest BCUT2D eigenvalue weighted by Crippen LogP contribution is -2.24. The number of nitrogens with one attached hydrogen (secondary N) is 1. The molecule has 1 N–H and O–H groups in total. The van der Waals surface area contributed by atoms with Gasteiger partial charge in [-0.1, -0.05) is 53.9 Å². The maximum Gasteiger partial charge on any atom is 0.0805 e. The second kappa shape index (κ2) is 7.28. The van der Waals surface area contributed by atoms with Crippen LogP contribution in [0.1, 0.15) is 30.6 Å². The molecule has 0 saturated heterocycles. The van der Waals surface area contributed by atoms with Crippen LogP contribution in [0.5, 0.6) is 0 Å². The highest BCUT2D eigenvalue weighted by molar-refractivity contribution is 6.34. The smallest absolute Gasteiger partial charge is 0.0805 e. The van der Waals surface area contributed by atoms with Gasteiger partial charge in [-0.25, -0.2) is 0 Å². The maximum atomic E-state index is 6.27. The Balaban J connectivity index is 2.41. The summed E-state index contributed by atoms with van der Waals surface area (Å²) in [6.45, 7) is 2.97. The number of pyridine rings is 1. The zero-order valence-electron chi connectivity index (χ0n) is 11.0. The third-order valence-electron chi connectivity index (χ3n) is 2.89. The van der Waals surface area contributed by atoms with Crippen LogP contribution in [0.4, 0.5) is 0 Å². The third kappa shape index (κ3) is 3.86. The number of halogens is 3. The van der Waals surface area contributed by atoms with Gasteiger partial charge in [0.2, 0.25) is 0 Å². The molecule has 0 radical (unpaired) electrons. The van der Waals surface area contributed by atoms with Gasteiger partial charge in [-0.15, -0.1) is 0 Å². The highest BCUT2D eigenvalue weighted by atomic mass is 35.5. The van der Waals surface area contributed by atoms with E-state index in [4.69, 9.17) is 34.8 Å². The first kappa shape index (κ1) is 15.6. The fourth-order valence-electron chi connectivity index (χ4n) is 1.98. The number of aromatic nitrogens is 1. The van der Waals surface area contributed by atoms with Crippen molar-refractivity contribution >= 4 is 34.8 Å². The summed E-state index contributed by atoms with van der Waals surface area (Å²) in [7, 11) is 0. The summed E-state index contributed by atoms with van der Waals surface area (Å²) in [5.41, 5.74) is 1.79. The molecule has 0 amide bonds. The predicted octanol–water partition coefficient (Wildman–Crippen LogP) is 5.13. The zero-order chi connectivity index (χ0) is 14.5. The van der Waals surface area contributed by atoms with E-state index in [2.05, 4.69) is 17.2 Å². The lowest BCUT2D eigenvalue weighted by Gasteiger charge is -2.20. The van der Waals surface area contributed by atoms with Crippen LogP contribution in [0, 0.1) is 0 Å². The van der Waals surface area contributed by atoms with Crippen LogP contribution in [0.2, 0.25) is 15.1 Å².